The fraction of sp³-hybridized carbons (Fsp3) is 0.200. The molecule has 8 nitrogen and oxygen atoms in total. The van der Waals surface area contributed by atoms with Gasteiger partial charge in [-0.15, -0.1) is 11.8 Å². The van der Waals surface area contributed by atoms with Gasteiger partial charge in [0.1, 0.15) is 11.6 Å². The van der Waals surface area contributed by atoms with Crippen LogP contribution in [-0.4, -0.2) is 37.4 Å². The van der Waals surface area contributed by atoms with E-state index in [4.69, 9.17) is 9.51 Å². The first kappa shape index (κ1) is 22.0. The number of fused-ring (bicyclic) bond motifs is 5. The van der Waals surface area contributed by atoms with Gasteiger partial charge in [0.2, 0.25) is 11.8 Å². The molecule has 0 saturated heterocycles. The number of aromatic nitrogens is 3. The van der Waals surface area contributed by atoms with Crippen LogP contribution in [0, 0.1) is 13.8 Å². The largest absolute Gasteiger partial charge is 0.360 e. The van der Waals surface area contributed by atoms with Crippen LogP contribution >= 0.6 is 11.8 Å². The predicted octanol–water partition coefficient (Wildman–Crippen LogP) is 4.94. The lowest BCUT2D eigenvalue weighted by atomic mass is 10.1. The summed E-state index contributed by atoms with van der Waals surface area (Å²) >= 11 is 1.26. The first-order valence-electron chi connectivity index (χ1n) is 10.9. The maximum Gasteiger partial charge on any atom is 0.238 e. The second-order valence-corrected chi connectivity index (χ2v) is 9.39. The van der Waals surface area contributed by atoms with E-state index in [2.05, 4.69) is 20.2 Å². The van der Waals surface area contributed by atoms with Crippen LogP contribution in [-0.2, 0) is 9.59 Å². The van der Waals surface area contributed by atoms with Crippen molar-refractivity contribution in [2.75, 3.05) is 16.4 Å². The van der Waals surface area contributed by atoms with Crippen molar-refractivity contribution in [3.05, 3.63) is 66.2 Å². The van der Waals surface area contributed by atoms with E-state index in [0.29, 0.717) is 11.6 Å². The van der Waals surface area contributed by atoms with Crippen LogP contribution in [0.15, 0.2) is 59.1 Å². The number of nitrogens with zero attached hydrogens (tertiary/aromatic N) is 3. The molecule has 0 spiro atoms. The Morgan fingerprint density at radius 3 is 2.56 bits per heavy atom. The number of aryl methyl sites for hydroxylation is 2. The summed E-state index contributed by atoms with van der Waals surface area (Å²) in [4.78, 5) is 30.2. The highest BCUT2D eigenvalue weighted by molar-refractivity contribution is 8.01. The zero-order valence-corrected chi connectivity index (χ0v) is 19.8. The zero-order chi connectivity index (χ0) is 23.8. The van der Waals surface area contributed by atoms with Crippen LogP contribution in [0.5, 0.6) is 0 Å². The van der Waals surface area contributed by atoms with Crippen LogP contribution < -0.4 is 10.6 Å². The standard InChI is InChI=1S/C25H23N5O3S/c1-14-12-21(29-33-14)27-25(32)15(2)34-13-22(31)28-23-18-9-5-7-11-20(18)30-16(3)26-19-10-6-4-8-17(19)24(23)30/h4-12,15H,13H2,1-3H3,(H,28,31)(H,27,29,32). The number of amides is 2. The minimum Gasteiger partial charge on any atom is -0.360 e. The second kappa shape index (κ2) is 8.83. The number of carbonyl (C=O) groups excluding carboxylic acids is 2. The van der Waals surface area contributed by atoms with Gasteiger partial charge in [-0.3, -0.25) is 14.0 Å². The quantitative estimate of drug-likeness (QED) is 0.362. The van der Waals surface area contributed by atoms with Crippen molar-refractivity contribution < 1.29 is 14.1 Å². The molecule has 3 heterocycles. The number of anilines is 2. The molecule has 5 aromatic rings. The smallest absolute Gasteiger partial charge is 0.238 e. The summed E-state index contributed by atoms with van der Waals surface area (Å²) in [5.41, 5.74) is 3.51. The van der Waals surface area contributed by atoms with Gasteiger partial charge in [-0.25, -0.2) is 4.98 Å². The van der Waals surface area contributed by atoms with Crippen LogP contribution in [0.3, 0.4) is 0 Å². The van der Waals surface area contributed by atoms with Gasteiger partial charge < -0.3 is 15.2 Å². The van der Waals surface area contributed by atoms with E-state index in [1.807, 2.05) is 55.5 Å². The number of nitrogens with one attached hydrogen (secondary N) is 2. The normalized spacial score (nSPS) is 12.3. The van der Waals surface area contributed by atoms with Gasteiger partial charge in [-0.2, -0.15) is 0 Å². The van der Waals surface area contributed by atoms with E-state index in [0.717, 1.165) is 38.8 Å². The molecule has 1 unspecified atom stereocenters. The van der Waals surface area contributed by atoms with E-state index in [1.54, 1.807) is 19.9 Å². The molecule has 9 heteroatoms. The van der Waals surface area contributed by atoms with Gasteiger partial charge in [0, 0.05) is 16.8 Å². The van der Waals surface area contributed by atoms with Crippen molar-refractivity contribution in [3.63, 3.8) is 0 Å². The Bertz CT molecular complexity index is 1550. The van der Waals surface area contributed by atoms with Gasteiger partial charge in [-0.05, 0) is 32.9 Å². The molecule has 34 heavy (non-hydrogen) atoms. The fourth-order valence-corrected chi connectivity index (χ4v) is 4.74. The SMILES string of the molecule is Cc1cc(NC(=O)C(C)SCC(=O)Nc2c3ccccc3n3c(C)nc4ccccc4c23)no1. The average molecular weight is 474 g/mol. The summed E-state index contributed by atoms with van der Waals surface area (Å²) < 4.78 is 7.05. The van der Waals surface area contributed by atoms with Crippen molar-refractivity contribution in [1.29, 1.82) is 0 Å². The second-order valence-electron chi connectivity index (χ2n) is 8.07. The molecule has 0 aliphatic heterocycles. The van der Waals surface area contributed by atoms with Crippen molar-refractivity contribution in [3.8, 4) is 0 Å². The Morgan fingerprint density at radius 2 is 1.79 bits per heavy atom. The molecule has 0 aliphatic carbocycles. The molecule has 172 valence electrons. The molecule has 5 rings (SSSR count). The first-order valence-corrected chi connectivity index (χ1v) is 11.9. The van der Waals surface area contributed by atoms with Gasteiger partial charge in [0.15, 0.2) is 5.82 Å². The van der Waals surface area contributed by atoms with Gasteiger partial charge in [0.25, 0.3) is 0 Å². The maximum atomic E-state index is 13.0. The van der Waals surface area contributed by atoms with Crippen molar-refractivity contribution in [2.45, 2.75) is 26.0 Å². The molecule has 3 aromatic heterocycles. The molecule has 0 radical (unpaired) electrons. The highest BCUT2D eigenvalue weighted by atomic mass is 32.2. The first-order chi connectivity index (χ1) is 16.4. The maximum absolute atomic E-state index is 13.0. The molecular weight excluding hydrogens is 450 g/mol. The third-order valence-electron chi connectivity index (χ3n) is 5.62. The monoisotopic (exact) mass is 473 g/mol. The lowest BCUT2D eigenvalue weighted by molar-refractivity contribution is -0.115. The summed E-state index contributed by atoms with van der Waals surface area (Å²) in [6, 6.07) is 17.5. The summed E-state index contributed by atoms with van der Waals surface area (Å²) in [6.07, 6.45) is 0. The predicted molar refractivity (Wildman–Crippen MR) is 135 cm³/mol. The summed E-state index contributed by atoms with van der Waals surface area (Å²) in [6.45, 7) is 5.47. The number of hydrogen-bond acceptors (Lipinski definition) is 6. The summed E-state index contributed by atoms with van der Waals surface area (Å²) in [5, 5.41) is 11.0. The molecule has 0 fully saturated rings. The Kier molecular flexibility index (Phi) is 5.70. The number of hydrogen-bond donors (Lipinski definition) is 2. The molecular formula is C25H23N5O3S. The Morgan fingerprint density at radius 1 is 1.06 bits per heavy atom. The Hall–Kier alpha value is -3.85. The number of rotatable bonds is 6. The Balaban J connectivity index is 1.41. The topological polar surface area (TPSA) is 102 Å². The van der Waals surface area contributed by atoms with E-state index in [1.165, 1.54) is 11.8 Å². The van der Waals surface area contributed by atoms with E-state index in [-0.39, 0.29) is 17.6 Å². The zero-order valence-electron chi connectivity index (χ0n) is 19.0. The van der Waals surface area contributed by atoms with Gasteiger partial charge in [-0.1, -0.05) is 41.6 Å². The fourth-order valence-electron chi connectivity index (χ4n) is 4.06. The molecule has 0 saturated carbocycles. The minimum absolute atomic E-state index is 0.125. The van der Waals surface area contributed by atoms with E-state index < -0.39 is 5.25 Å². The molecule has 2 amide bonds. The van der Waals surface area contributed by atoms with Crippen LogP contribution in [0.4, 0.5) is 11.5 Å². The van der Waals surface area contributed by atoms with Crippen molar-refractivity contribution in [2.24, 2.45) is 0 Å². The minimum atomic E-state index is -0.447. The van der Waals surface area contributed by atoms with Crippen LogP contribution in [0.25, 0.3) is 27.3 Å². The molecule has 1 atom stereocenters. The molecule has 0 bridgehead atoms. The summed E-state index contributed by atoms with van der Waals surface area (Å²) in [7, 11) is 0. The molecule has 2 aromatic carbocycles. The highest BCUT2D eigenvalue weighted by Crippen LogP contribution is 2.36. The van der Waals surface area contributed by atoms with E-state index in [9.17, 15) is 9.59 Å². The third-order valence-corrected chi connectivity index (χ3v) is 6.76. The summed E-state index contributed by atoms with van der Waals surface area (Å²) in [5.74, 6) is 1.52. The lowest BCUT2D eigenvalue weighted by Gasteiger charge is -2.11. The number of benzene rings is 2. The lowest BCUT2D eigenvalue weighted by Crippen LogP contribution is -2.25. The number of para-hydroxylation sites is 2. The number of carbonyl (C=O) groups is 2. The number of thioether (sulfide) groups is 1. The van der Waals surface area contributed by atoms with Gasteiger partial charge in [0.05, 0.1) is 33.2 Å². The van der Waals surface area contributed by atoms with Gasteiger partial charge >= 0.3 is 0 Å². The third kappa shape index (κ3) is 3.99. The van der Waals surface area contributed by atoms with Crippen LogP contribution in [0.1, 0.15) is 18.5 Å². The molecule has 2 N–H and O–H groups in total. The van der Waals surface area contributed by atoms with E-state index >= 15 is 0 Å². The van der Waals surface area contributed by atoms with Crippen molar-refractivity contribution >= 4 is 62.4 Å². The average Bonchev–Trinajstić information content (AvgIpc) is 3.39. The van der Waals surface area contributed by atoms with Crippen molar-refractivity contribution in [1.82, 2.24) is 14.5 Å². The highest BCUT2D eigenvalue weighted by Gasteiger charge is 2.20. The Labute approximate surface area is 199 Å². The van der Waals surface area contributed by atoms with Crippen LogP contribution in [0.2, 0.25) is 0 Å². The molecule has 0 aliphatic rings.